The van der Waals surface area contributed by atoms with E-state index >= 15 is 0 Å². The first-order valence-electron chi connectivity index (χ1n) is 8.17. The number of rotatable bonds is 2. The molecule has 6 heteroatoms. The van der Waals surface area contributed by atoms with E-state index in [1.54, 1.807) is 16.7 Å². The van der Waals surface area contributed by atoms with Gasteiger partial charge in [0.05, 0.1) is 5.69 Å². The van der Waals surface area contributed by atoms with Crippen molar-refractivity contribution in [1.29, 1.82) is 0 Å². The first-order valence-corrected chi connectivity index (χ1v) is 9.53. The van der Waals surface area contributed by atoms with Gasteiger partial charge in [0.2, 0.25) is 5.91 Å². The number of fused-ring (bicyclic) bond motifs is 2. The maximum atomic E-state index is 13.2. The topological polar surface area (TPSA) is 40.6 Å². The molecule has 1 atom stereocenters. The van der Waals surface area contributed by atoms with Crippen LogP contribution in [0, 0.1) is 5.92 Å². The highest BCUT2D eigenvalue weighted by Crippen LogP contribution is 2.55. The van der Waals surface area contributed by atoms with Crippen molar-refractivity contribution >= 4 is 40.9 Å². The highest BCUT2D eigenvalue weighted by atomic mass is 35.5. The Balaban J connectivity index is 1.84. The van der Waals surface area contributed by atoms with Gasteiger partial charge in [-0.15, -0.1) is 11.8 Å². The number of hydrogen-bond acceptors (Lipinski definition) is 3. The van der Waals surface area contributed by atoms with Crippen LogP contribution in [0.3, 0.4) is 0 Å². The monoisotopic (exact) mass is 350 g/mol. The van der Waals surface area contributed by atoms with Crippen molar-refractivity contribution in [3.63, 3.8) is 0 Å². The Kier molecular flexibility index (Phi) is 3.61. The summed E-state index contributed by atoms with van der Waals surface area (Å²) in [7, 11) is 0. The fourth-order valence-electron chi connectivity index (χ4n) is 3.80. The van der Waals surface area contributed by atoms with E-state index in [0.29, 0.717) is 18.1 Å². The van der Waals surface area contributed by atoms with Crippen LogP contribution in [0.1, 0.15) is 31.7 Å². The molecular weight excluding hydrogens is 332 g/mol. The van der Waals surface area contributed by atoms with Crippen molar-refractivity contribution in [3.8, 4) is 0 Å². The molecular formula is C17H19ClN2O2S. The second-order valence-corrected chi connectivity index (χ2v) is 8.05. The SMILES string of the molecule is CCN1C(=O)C2(SCCN2C(=O)C2CCC2)c2cc(Cl)ccc21. The van der Waals surface area contributed by atoms with Gasteiger partial charge in [-0.1, -0.05) is 18.0 Å². The predicted molar refractivity (Wildman–Crippen MR) is 92.7 cm³/mol. The number of thioether (sulfide) groups is 1. The van der Waals surface area contributed by atoms with E-state index < -0.39 is 4.87 Å². The molecule has 1 aromatic carbocycles. The van der Waals surface area contributed by atoms with Crippen molar-refractivity contribution in [3.05, 3.63) is 28.8 Å². The summed E-state index contributed by atoms with van der Waals surface area (Å²) in [6.07, 6.45) is 3.01. The van der Waals surface area contributed by atoms with Crippen molar-refractivity contribution in [1.82, 2.24) is 4.90 Å². The van der Waals surface area contributed by atoms with Gasteiger partial charge in [0.15, 0.2) is 4.87 Å². The van der Waals surface area contributed by atoms with Gasteiger partial charge in [-0.2, -0.15) is 0 Å². The first-order chi connectivity index (χ1) is 11.1. The Hall–Kier alpha value is -1.20. The number of benzene rings is 1. The van der Waals surface area contributed by atoms with Crippen LogP contribution < -0.4 is 4.90 Å². The second-order valence-electron chi connectivity index (χ2n) is 6.32. The summed E-state index contributed by atoms with van der Waals surface area (Å²) in [5.74, 6) is 1.02. The zero-order valence-electron chi connectivity index (χ0n) is 13.0. The van der Waals surface area contributed by atoms with Gasteiger partial charge in [-0.3, -0.25) is 9.59 Å². The number of amides is 2. The molecule has 4 nitrogen and oxygen atoms in total. The summed E-state index contributed by atoms with van der Waals surface area (Å²) in [6, 6.07) is 5.58. The van der Waals surface area contributed by atoms with Crippen LogP contribution in [-0.4, -0.2) is 35.6 Å². The smallest absolute Gasteiger partial charge is 0.268 e. The molecule has 2 aliphatic heterocycles. The lowest BCUT2D eigenvalue weighted by Crippen LogP contribution is -2.52. The van der Waals surface area contributed by atoms with Gasteiger partial charge in [0.1, 0.15) is 0 Å². The number of anilines is 1. The third-order valence-electron chi connectivity index (χ3n) is 5.19. The van der Waals surface area contributed by atoms with Crippen LogP contribution in [0.15, 0.2) is 18.2 Å². The summed E-state index contributed by atoms with van der Waals surface area (Å²) in [4.78, 5) is 28.9. The van der Waals surface area contributed by atoms with E-state index in [1.165, 1.54) is 0 Å². The molecule has 0 aromatic heterocycles. The first kappa shape index (κ1) is 15.3. The largest absolute Gasteiger partial charge is 0.315 e. The Labute approximate surface area is 145 Å². The fourth-order valence-corrected chi connectivity index (χ4v) is 5.43. The number of halogens is 1. The standard InChI is InChI=1S/C17H19ClN2O2S/c1-2-19-14-7-6-12(18)10-13(14)17(16(19)22)20(8-9-23-17)15(21)11-4-3-5-11/h6-7,10-11H,2-5,8-9H2,1H3. The second kappa shape index (κ2) is 5.42. The quantitative estimate of drug-likeness (QED) is 0.822. The lowest BCUT2D eigenvalue weighted by molar-refractivity contribution is -0.145. The van der Waals surface area contributed by atoms with Crippen LogP contribution in [-0.2, 0) is 14.5 Å². The van der Waals surface area contributed by atoms with Crippen LogP contribution in [0.4, 0.5) is 5.69 Å². The molecule has 2 amide bonds. The normalized spacial score (nSPS) is 26.8. The molecule has 1 aliphatic carbocycles. The van der Waals surface area contributed by atoms with Gasteiger partial charge in [0, 0.05) is 35.3 Å². The number of hydrogen-bond donors (Lipinski definition) is 0. The van der Waals surface area contributed by atoms with E-state index in [4.69, 9.17) is 11.6 Å². The van der Waals surface area contributed by atoms with E-state index in [-0.39, 0.29) is 17.7 Å². The Morgan fingerprint density at radius 2 is 2.22 bits per heavy atom. The molecule has 0 bridgehead atoms. The van der Waals surface area contributed by atoms with Crippen molar-refractivity contribution in [2.24, 2.45) is 5.92 Å². The number of likely N-dealkylation sites (N-methyl/N-ethyl adjacent to an activating group) is 1. The van der Waals surface area contributed by atoms with E-state index in [0.717, 1.165) is 36.3 Å². The maximum absolute atomic E-state index is 13.2. The molecule has 2 fully saturated rings. The zero-order chi connectivity index (χ0) is 16.2. The predicted octanol–water partition coefficient (Wildman–Crippen LogP) is 3.23. The molecule has 1 saturated carbocycles. The summed E-state index contributed by atoms with van der Waals surface area (Å²) in [5, 5.41) is 0.609. The van der Waals surface area contributed by atoms with Crippen LogP contribution >= 0.6 is 23.4 Å². The molecule has 1 aromatic rings. The van der Waals surface area contributed by atoms with Crippen molar-refractivity contribution in [2.45, 2.75) is 31.1 Å². The molecule has 3 aliphatic rings. The number of carbonyl (C=O) groups excluding carboxylic acids is 2. The van der Waals surface area contributed by atoms with E-state index in [9.17, 15) is 9.59 Å². The summed E-state index contributed by atoms with van der Waals surface area (Å²) in [5.41, 5.74) is 1.77. The lowest BCUT2D eigenvalue weighted by atomic mass is 9.84. The van der Waals surface area contributed by atoms with E-state index in [1.807, 2.05) is 30.0 Å². The third-order valence-corrected chi connectivity index (χ3v) is 6.85. The van der Waals surface area contributed by atoms with Gasteiger partial charge >= 0.3 is 0 Å². The van der Waals surface area contributed by atoms with Gasteiger partial charge in [-0.05, 0) is 38.0 Å². The van der Waals surface area contributed by atoms with Gasteiger partial charge in [0.25, 0.3) is 5.91 Å². The molecule has 122 valence electrons. The Morgan fingerprint density at radius 3 is 2.87 bits per heavy atom. The van der Waals surface area contributed by atoms with Crippen LogP contribution in [0.25, 0.3) is 0 Å². The Bertz CT molecular complexity index is 691. The molecule has 4 rings (SSSR count). The third kappa shape index (κ3) is 1.99. The van der Waals surface area contributed by atoms with Crippen LogP contribution in [0.5, 0.6) is 0 Å². The minimum absolute atomic E-state index is 0.00689. The molecule has 1 spiro atoms. The summed E-state index contributed by atoms with van der Waals surface area (Å²) < 4.78 is 0. The fraction of sp³-hybridized carbons (Fsp3) is 0.529. The minimum atomic E-state index is -0.900. The highest BCUT2D eigenvalue weighted by molar-refractivity contribution is 8.01. The molecule has 23 heavy (non-hydrogen) atoms. The van der Waals surface area contributed by atoms with Gasteiger partial charge in [-0.25, -0.2) is 0 Å². The number of nitrogens with zero attached hydrogens (tertiary/aromatic N) is 2. The van der Waals surface area contributed by atoms with Crippen molar-refractivity contribution in [2.75, 3.05) is 23.7 Å². The summed E-state index contributed by atoms with van der Waals surface area (Å²) >= 11 is 7.78. The van der Waals surface area contributed by atoms with Gasteiger partial charge < -0.3 is 9.80 Å². The Morgan fingerprint density at radius 1 is 1.43 bits per heavy atom. The average Bonchev–Trinajstić information content (AvgIpc) is 3.01. The maximum Gasteiger partial charge on any atom is 0.268 e. The van der Waals surface area contributed by atoms with Crippen LogP contribution in [0.2, 0.25) is 5.02 Å². The summed E-state index contributed by atoms with van der Waals surface area (Å²) in [6.45, 7) is 3.20. The van der Waals surface area contributed by atoms with Crippen molar-refractivity contribution < 1.29 is 9.59 Å². The van der Waals surface area contributed by atoms with E-state index in [2.05, 4.69) is 0 Å². The highest BCUT2D eigenvalue weighted by Gasteiger charge is 2.59. The molecule has 0 N–H and O–H groups in total. The average molecular weight is 351 g/mol. The minimum Gasteiger partial charge on any atom is -0.315 e. The molecule has 2 heterocycles. The number of carbonyl (C=O) groups is 2. The molecule has 1 unspecified atom stereocenters. The lowest BCUT2D eigenvalue weighted by Gasteiger charge is -2.37. The molecule has 1 saturated heterocycles. The zero-order valence-corrected chi connectivity index (χ0v) is 14.6. The molecule has 0 radical (unpaired) electrons.